The number of benzene rings is 1. The van der Waals surface area contributed by atoms with Gasteiger partial charge < -0.3 is 14.5 Å². The highest BCUT2D eigenvalue weighted by molar-refractivity contribution is 7.10. The first-order valence-electron chi connectivity index (χ1n) is 12.8. The summed E-state index contributed by atoms with van der Waals surface area (Å²) in [6, 6.07) is 12.2. The van der Waals surface area contributed by atoms with Crippen molar-refractivity contribution in [2.45, 2.75) is 79.5 Å². The zero-order chi connectivity index (χ0) is 25.4. The molecule has 1 saturated heterocycles. The van der Waals surface area contributed by atoms with E-state index < -0.39 is 0 Å². The molecule has 3 rings (SSSR count). The topological polar surface area (TPSA) is 49.9 Å². The number of nitrogens with zero attached hydrogens (tertiary/aromatic N) is 2. The van der Waals surface area contributed by atoms with Gasteiger partial charge in [0.25, 0.3) is 0 Å². The minimum Gasteiger partial charge on any atom is -0.376 e. The van der Waals surface area contributed by atoms with E-state index in [1.165, 1.54) is 10.4 Å². The third-order valence-electron chi connectivity index (χ3n) is 6.48. The van der Waals surface area contributed by atoms with Crippen LogP contribution in [0.3, 0.4) is 0 Å². The van der Waals surface area contributed by atoms with Crippen molar-refractivity contribution >= 4 is 23.2 Å². The number of hydrogen-bond acceptors (Lipinski definition) is 4. The van der Waals surface area contributed by atoms with E-state index in [1.54, 1.807) is 16.2 Å². The van der Waals surface area contributed by atoms with Crippen LogP contribution in [-0.2, 0) is 27.4 Å². The van der Waals surface area contributed by atoms with Crippen LogP contribution in [0, 0.1) is 18.3 Å². The molecule has 2 aromatic rings. The van der Waals surface area contributed by atoms with Crippen LogP contribution in [0.1, 0.15) is 69.4 Å². The summed E-state index contributed by atoms with van der Waals surface area (Å²) in [6.07, 6.45) is 3.40. The van der Waals surface area contributed by atoms with Crippen molar-refractivity contribution in [3.05, 3.63) is 57.8 Å². The molecule has 192 valence electrons. The van der Waals surface area contributed by atoms with Gasteiger partial charge in [-0.25, -0.2) is 0 Å². The Balaban J connectivity index is 1.75. The number of aryl methyl sites for hydroxylation is 1. The van der Waals surface area contributed by atoms with Gasteiger partial charge in [0.2, 0.25) is 11.8 Å². The predicted octanol–water partition coefficient (Wildman–Crippen LogP) is 6.06. The molecule has 0 saturated carbocycles. The molecule has 0 spiro atoms. The van der Waals surface area contributed by atoms with Crippen molar-refractivity contribution in [1.82, 2.24) is 9.80 Å². The third kappa shape index (κ3) is 9.08. The molecule has 6 heteroatoms. The summed E-state index contributed by atoms with van der Waals surface area (Å²) in [5.41, 5.74) is 2.45. The lowest BCUT2D eigenvalue weighted by Gasteiger charge is -2.31. The molecule has 1 aliphatic rings. The van der Waals surface area contributed by atoms with Crippen LogP contribution in [-0.4, -0.2) is 47.4 Å². The highest BCUT2D eigenvalue weighted by Gasteiger charge is 2.28. The Labute approximate surface area is 215 Å². The monoisotopic (exact) mass is 498 g/mol. The predicted molar refractivity (Wildman–Crippen MR) is 143 cm³/mol. The first kappa shape index (κ1) is 27.4. The summed E-state index contributed by atoms with van der Waals surface area (Å²) in [5.74, 6) is 0.299. The molecule has 1 aromatic heterocycles. The maximum absolute atomic E-state index is 13.7. The van der Waals surface area contributed by atoms with Gasteiger partial charge in [-0.05, 0) is 60.1 Å². The summed E-state index contributed by atoms with van der Waals surface area (Å²) in [5, 5.41) is 2.07. The zero-order valence-corrected chi connectivity index (χ0v) is 22.9. The van der Waals surface area contributed by atoms with Crippen LogP contribution in [0.5, 0.6) is 0 Å². The summed E-state index contributed by atoms with van der Waals surface area (Å²) in [7, 11) is 0. The lowest BCUT2D eigenvalue weighted by Crippen LogP contribution is -2.45. The number of carbonyl (C=O) groups is 2. The third-order valence-corrected chi connectivity index (χ3v) is 7.49. The molecule has 2 atom stereocenters. The second kappa shape index (κ2) is 12.7. The molecular weight excluding hydrogens is 456 g/mol. The molecule has 0 bridgehead atoms. The Morgan fingerprint density at radius 1 is 1.09 bits per heavy atom. The fourth-order valence-electron chi connectivity index (χ4n) is 4.87. The van der Waals surface area contributed by atoms with Crippen molar-refractivity contribution in [2.75, 3.05) is 19.7 Å². The Hall–Kier alpha value is -2.18. The fourth-order valence-corrected chi connectivity index (χ4v) is 5.79. The van der Waals surface area contributed by atoms with E-state index >= 15 is 0 Å². The van der Waals surface area contributed by atoms with Crippen LogP contribution in [0.25, 0.3) is 0 Å². The van der Waals surface area contributed by atoms with Gasteiger partial charge in [0.15, 0.2) is 0 Å². The molecule has 0 radical (unpaired) electrons. The minimum absolute atomic E-state index is 0.0172. The number of amides is 2. The van der Waals surface area contributed by atoms with Gasteiger partial charge in [0, 0.05) is 31.0 Å². The molecule has 1 aliphatic heterocycles. The summed E-state index contributed by atoms with van der Waals surface area (Å²) >= 11 is 1.68. The standard InChI is InChI=1S/C29H42N2O3S/c1-22(17-29(3,4)5)16-27(32)31(19-25-12-9-14-34-25)21-28(33)30(18-24-10-7-6-8-11-24)20-26-23(2)13-15-35-26/h6-8,10-11,13,15,22,25H,9,12,14,16-21H2,1-5H3. The maximum Gasteiger partial charge on any atom is 0.242 e. The van der Waals surface area contributed by atoms with Crippen LogP contribution in [0.4, 0.5) is 0 Å². The van der Waals surface area contributed by atoms with Crippen molar-refractivity contribution in [3.8, 4) is 0 Å². The van der Waals surface area contributed by atoms with Gasteiger partial charge in [-0.2, -0.15) is 0 Å². The fraction of sp³-hybridized carbons (Fsp3) is 0.586. The lowest BCUT2D eigenvalue weighted by molar-refractivity contribution is -0.143. The van der Waals surface area contributed by atoms with E-state index in [9.17, 15) is 9.59 Å². The Bertz CT molecular complexity index is 944. The lowest BCUT2D eigenvalue weighted by atomic mass is 9.84. The van der Waals surface area contributed by atoms with Crippen LogP contribution < -0.4 is 0 Å². The van der Waals surface area contributed by atoms with E-state index in [4.69, 9.17) is 4.74 Å². The van der Waals surface area contributed by atoms with E-state index in [0.29, 0.717) is 26.1 Å². The maximum atomic E-state index is 13.7. The summed E-state index contributed by atoms with van der Waals surface area (Å²) in [6.45, 7) is 13.2. The largest absolute Gasteiger partial charge is 0.376 e. The first-order chi connectivity index (χ1) is 16.6. The number of hydrogen-bond donors (Lipinski definition) is 0. The zero-order valence-electron chi connectivity index (χ0n) is 22.1. The average Bonchev–Trinajstić information content (AvgIpc) is 3.44. The number of carbonyl (C=O) groups excluding carboxylic acids is 2. The van der Waals surface area contributed by atoms with Crippen molar-refractivity contribution in [3.63, 3.8) is 0 Å². The van der Waals surface area contributed by atoms with Gasteiger partial charge in [-0.3, -0.25) is 9.59 Å². The highest BCUT2D eigenvalue weighted by Crippen LogP contribution is 2.27. The molecule has 35 heavy (non-hydrogen) atoms. The molecule has 1 fully saturated rings. The van der Waals surface area contributed by atoms with Gasteiger partial charge in [-0.15, -0.1) is 11.3 Å². The second-order valence-corrected chi connectivity index (χ2v) is 12.2. The molecule has 1 aromatic carbocycles. The summed E-state index contributed by atoms with van der Waals surface area (Å²) < 4.78 is 5.84. The number of thiophene rings is 1. The average molecular weight is 499 g/mol. The molecule has 2 unspecified atom stereocenters. The van der Waals surface area contributed by atoms with Crippen molar-refractivity contribution < 1.29 is 14.3 Å². The minimum atomic E-state index is -0.0172. The normalized spacial score (nSPS) is 16.8. The van der Waals surface area contributed by atoms with Gasteiger partial charge >= 0.3 is 0 Å². The number of rotatable bonds is 11. The number of ether oxygens (including phenoxy) is 1. The SMILES string of the molecule is Cc1ccsc1CN(Cc1ccccc1)C(=O)CN(CC1CCCO1)C(=O)CC(C)CC(C)(C)C. The summed E-state index contributed by atoms with van der Waals surface area (Å²) in [4.78, 5) is 31.9. The Morgan fingerprint density at radius 3 is 2.43 bits per heavy atom. The van der Waals surface area contributed by atoms with Gasteiger partial charge in [-0.1, -0.05) is 58.0 Å². The molecule has 2 amide bonds. The van der Waals surface area contributed by atoms with Crippen molar-refractivity contribution in [2.24, 2.45) is 11.3 Å². The van der Waals surface area contributed by atoms with Crippen molar-refractivity contribution in [1.29, 1.82) is 0 Å². The molecule has 0 aliphatic carbocycles. The van der Waals surface area contributed by atoms with E-state index in [1.807, 2.05) is 35.2 Å². The molecule has 0 N–H and O–H groups in total. The second-order valence-electron chi connectivity index (χ2n) is 11.2. The van der Waals surface area contributed by atoms with Gasteiger partial charge in [0.05, 0.1) is 19.2 Å². The Morgan fingerprint density at radius 2 is 1.83 bits per heavy atom. The highest BCUT2D eigenvalue weighted by atomic mass is 32.1. The van der Waals surface area contributed by atoms with Crippen LogP contribution in [0.15, 0.2) is 41.8 Å². The van der Waals surface area contributed by atoms with E-state index in [0.717, 1.165) is 31.4 Å². The van der Waals surface area contributed by atoms with Crippen LogP contribution >= 0.6 is 11.3 Å². The molecular formula is C29H42N2O3S. The quantitative estimate of drug-likeness (QED) is 0.379. The smallest absolute Gasteiger partial charge is 0.242 e. The van der Waals surface area contributed by atoms with E-state index in [-0.39, 0.29) is 35.8 Å². The van der Waals surface area contributed by atoms with Crippen LogP contribution in [0.2, 0.25) is 0 Å². The molecule has 2 heterocycles. The van der Waals surface area contributed by atoms with Gasteiger partial charge in [0.1, 0.15) is 0 Å². The molecule has 5 nitrogen and oxygen atoms in total. The first-order valence-corrected chi connectivity index (χ1v) is 13.7. The van der Waals surface area contributed by atoms with E-state index in [2.05, 4.69) is 46.1 Å². The Kier molecular flexibility index (Phi) is 9.93.